The molecule has 7 heteroatoms. The fourth-order valence-corrected chi connectivity index (χ4v) is 3.95. The molecule has 0 aliphatic carbocycles. The summed E-state index contributed by atoms with van der Waals surface area (Å²) in [5, 5.41) is 0. The molecule has 1 atom stereocenters. The van der Waals surface area contributed by atoms with Crippen molar-refractivity contribution in [3.05, 3.63) is 70.4 Å². The zero-order valence-corrected chi connectivity index (χ0v) is 16.3. The lowest BCUT2D eigenvalue weighted by atomic mass is 9.94. The van der Waals surface area contributed by atoms with E-state index in [0.29, 0.717) is 23.7 Å². The number of fused-ring (bicyclic) bond motifs is 1. The maximum atomic E-state index is 13.5. The fraction of sp³-hybridized carbons (Fsp3) is 0.364. The average molecular weight is 394 g/mol. The van der Waals surface area contributed by atoms with Crippen molar-refractivity contribution in [3.8, 4) is 17.1 Å². The van der Waals surface area contributed by atoms with Crippen LogP contribution in [0.3, 0.4) is 0 Å². The monoisotopic (exact) mass is 394 g/mol. The molecule has 0 amide bonds. The van der Waals surface area contributed by atoms with Crippen molar-refractivity contribution in [1.82, 2.24) is 19.5 Å². The molecular formula is C22H23FN4O2. The lowest BCUT2D eigenvalue weighted by molar-refractivity contribution is 0.404. The number of rotatable bonds is 5. The Balaban J connectivity index is 1.66. The first-order valence-corrected chi connectivity index (χ1v) is 9.86. The van der Waals surface area contributed by atoms with Crippen molar-refractivity contribution in [3.63, 3.8) is 0 Å². The standard InChI is InChI=1S/C22H23FN4O2/c1-29-20-12-17(23)8-7-15(20)5-6-16-4-2-3-11-27-21(28)13-19(26-22(16)27)18-9-10-24-14-25-18/h7-10,12-14,16H,2-6,11H2,1H3. The van der Waals surface area contributed by atoms with Gasteiger partial charge in [-0.25, -0.2) is 19.3 Å². The number of aromatic nitrogens is 4. The quantitative estimate of drug-likeness (QED) is 0.659. The molecule has 0 saturated carbocycles. The Kier molecular flexibility index (Phi) is 5.64. The van der Waals surface area contributed by atoms with Gasteiger partial charge in [0.05, 0.1) is 18.5 Å². The van der Waals surface area contributed by atoms with Gasteiger partial charge in [-0.1, -0.05) is 12.5 Å². The zero-order chi connectivity index (χ0) is 20.2. The summed E-state index contributed by atoms with van der Waals surface area (Å²) >= 11 is 0. The Bertz CT molecular complexity index is 1050. The second kappa shape index (κ2) is 8.51. The van der Waals surface area contributed by atoms with E-state index in [1.165, 1.54) is 18.5 Å². The van der Waals surface area contributed by atoms with Crippen molar-refractivity contribution < 1.29 is 9.13 Å². The molecule has 1 aliphatic heterocycles. The third-order valence-corrected chi connectivity index (χ3v) is 5.44. The van der Waals surface area contributed by atoms with Crippen molar-refractivity contribution in [1.29, 1.82) is 0 Å². The number of hydrogen-bond acceptors (Lipinski definition) is 5. The molecule has 3 heterocycles. The van der Waals surface area contributed by atoms with Crippen LogP contribution in [0.5, 0.6) is 5.75 Å². The average Bonchev–Trinajstić information content (AvgIpc) is 2.96. The van der Waals surface area contributed by atoms with Crippen LogP contribution in [-0.4, -0.2) is 26.6 Å². The Labute approximate surface area is 168 Å². The number of benzene rings is 1. The molecule has 6 nitrogen and oxygen atoms in total. The van der Waals surface area contributed by atoms with Crippen LogP contribution < -0.4 is 10.3 Å². The first kappa shape index (κ1) is 19.2. The normalized spacial score (nSPS) is 16.1. The van der Waals surface area contributed by atoms with Gasteiger partial charge in [0.1, 0.15) is 23.7 Å². The molecule has 0 radical (unpaired) electrons. The van der Waals surface area contributed by atoms with Gasteiger partial charge < -0.3 is 4.74 Å². The van der Waals surface area contributed by atoms with Gasteiger partial charge in [0.15, 0.2) is 0 Å². The highest BCUT2D eigenvalue weighted by atomic mass is 19.1. The van der Waals surface area contributed by atoms with E-state index < -0.39 is 0 Å². The molecular weight excluding hydrogens is 371 g/mol. The van der Waals surface area contributed by atoms with Crippen LogP contribution in [0.1, 0.15) is 43.0 Å². The number of nitrogens with zero attached hydrogens (tertiary/aromatic N) is 4. The first-order chi connectivity index (χ1) is 14.2. The molecule has 29 heavy (non-hydrogen) atoms. The van der Waals surface area contributed by atoms with E-state index in [2.05, 4.69) is 9.97 Å². The summed E-state index contributed by atoms with van der Waals surface area (Å²) in [7, 11) is 1.55. The molecule has 1 aromatic carbocycles. The highest BCUT2D eigenvalue weighted by molar-refractivity contribution is 5.52. The number of methoxy groups -OCH3 is 1. The Morgan fingerprint density at radius 3 is 2.90 bits per heavy atom. The zero-order valence-electron chi connectivity index (χ0n) is 16.3. The predicted octanol–water partition coefficient (Wildman–Crippen LogP) is 3.75. The second-order valence-corrected chi connectivity index (χ2v) is 7.27. The van der Waals surface area contributed by atoms with Gasteiger partial charge in [0.2, 0.25) is 0 Å². The molecule has 0 bridgehead atoms. The minimum atomic E-state index is -0.312. The molecule has 0 saturated heterocycles. The van der Waals surface area contributed by atoms with E-state index in [0.717, 1.165) is 43.5 Å². The summed E-state index contributed by atoms with van der Waals surface area (Å²) in [4.78, 5) is 25.8. The van der Waals surface area contributed by atoms with Crippen LogP contribution in [-0.2, 0) is 13.0 Å². The molecule has 1 unspecified atom stereocenters. The van der Waals surface area contributed by atoms with Gasteiger partial charge in [-0.2, -0.15) is 0 Å². The smallest absolute Gasteiger partial charge is 0.254 e. The molecule has 0 N–H and O–H groups in total. The minimum absolute atomic E-state index is 0.0464. The largest absolute Gasteiger partial charge is 0.496 e. The van der Waals surface area contributed by atoms with Gasteiger partial charge in [-0.3, -0.25) is 9.36 Å². The van der Waals surface area contributed by atoms with E-state index in [-0.39, 0.29) is 17.3 Å². The Hall–Kier alpha value is -3.09. The maximum absolute atomic E-state index is 13.5. The maximum Gasteiger partial charge on any atom is 0.254 e. The summed E-state index contributed by atoms with van der Waals surface area (Å²) in [6, 6.07) is 7.94. The van der Waals surface area contributed by atoms with Crippen molar-refractivity contribution in [2.75, 3.05) is 7.11 Å². The third-order valence-electron chi connectivity index (χ3n) is 5.44. The molecule has 1 aliphatic rings. The van der Waals surface area contributed by atoms with E-state index in [1.807, 2.05) is 0 Å². The third kappa shape index (κ3) is 4.18. The summed E-state index contributed by atoms with van der Waals surface area (Å²) in [5.74, 6) is 1.19. The van der Waals surface area contributed by atoms with Crippen LogP contribution in [0, 0.1) is 5.82 Å². The van der Waals surface area contributed by atoms with Gasteiger partial charge >= 0.3 is 0 Å². The lowest BCUT2D eigenvalue weighted by Gasteiger charge is -2.19. The van der Waals surface area contributed by atoms with Crippen LogP contribution in [0.15, 0.2) is 47.7 Å². The predicted molar refractivity (Wildman–Crippen MR) is 107 cm³/mol. The van der Waals surface area contributed by atoms with Crippen LogP contribution in [0.2, 0.25) is 0 Å². The van der Waals surface area contributed by atoms with Crippen LogP contribution >= 0.6 is 0 Å². The minimum Gasteiger partial charge on any atom is -0.496 e. The summed E-state index contributed by atoms with van der Waals surface area (Å²) < 4.78 is 20.6. The molecule has 4 rings (SSSR count). The van der Waals surface area contributed by atoms with E-state index in [4.69, 9.17) is 9.72 Å². The SMILES string of the molecule is COc1cc(F)ccc1CCC1CCCCn2c1nc(-c1ccncn1)cc2=O. The van der Waals surface area contributed by atoms with Gasteiger partial charge in [0, 0.05) is 30.8 Å². The van der Waals surface area contributed by atoms with Crippen LogP contribution in [0.4, 0.5) is 4.39 Å². The highest BCUT2D eigenvalue weighted by Gasteiger charge is 2.23. The van der Waals surface area contributed by atoms with Gasteiger partial charge in [-0.15, -0.1) is 0 Å². The summed E-state index contributed by atoms with van der Waals surface area (Å²) in [5.41, 5.74) is 2.13. The van der Waals surface area contributed by atoms with E-state index in [1.54, 1.807) is 36.1 Å². The molecule has 0 fully saturated rings. The van der Waals surface area contributed by atoms with Crippen molar-refractivity contribution in [2.24, 2.45) is 0 Å². The van der Waals surface area contributed by atoms with Crippen LogP contribution in [0.25, 0.3) is 11.4 Å². The highest BCUT2D eigenvalue weighted by Crippen LogP contribution is 2.31. The summed E-state index contributed by atoms with van der Waals surface area (Å²) in [6.45, 7) is 0.682. The molecule has 2 aromatic heterocycles. The first-order valence-electron chi connectivity index (χ1n) is 9.86. The topological polar surface area (TPSA) is 69.9 Å². The molecule has 3 aromatic rings. The number of halogens is 1. The van der Waals surface area contributed by atoms with Crippen molar-refractivity contribution >= 4 is 0 Å². The van der Waals surface area contributed by atoms with E-state index in [9.17, 15) is 9.18 Å². The Morgan fingerprint density at radius 1 is 1.21 bits per heavy atom. The van der Waals surface area contributed by atoms with Gasteiger partial charge in [0.25, 0.3) is 5.56 Å². The number of ether oxygens (including phenoxy) is 1. The number of hydrogen-bond donors (Lipinski definition) is 0. The Morgan fingerprint density at radius 2 is 2.10 bits per heavy atom. The summed E-state index contributed by atoms with van der Waals surface area (Å²) in [6.07, 6.45) is 7.59. The lowest BCUT2D eigenvalue weighted by Crippen LogP contribution is -2.25. The van der Waals surface area contributed by atoms with E-state index >= 15 is 0 Å². The van der Waals surface area contributed by atoms with Gasteiger partial charge in [-0.05, 0) is 43.4 Å². The second-order valence-electron chi connectivity index (χ2n) is 7.27. The fourth-order valence-electron chi connectivity index (χ4n) is 3.95. The van der Waals surface area contributed by atoms with Crippen molar-refractivity contribution in [2.45, 2.75) is 44.6 Å². The molecule has 150 valence electrons. The molecule has 0 spiro atoms. The number of aryl methyl sites for hydroxylation is 1.